The average Bonchev–Trinajstić information content (AvgIpc) is 3.12. The lowest BCUT2D eigenvalue weighted by Crippen LogP contribution is -2.20. The molecule has 0 aliphatic rings. The van der Waals surface area contributed by atoms with E-state index in [1.165, 1.54) is 29.1 Å². The van der Waals surface area contributed by atoms with E-state index in [2.05, 4.69) is 46.3 Å². The van der Waals surface area contributed by atoms with Gasteiger partial charge in [0.05, 0.1) is 29.5 Å². The zero-order valence-electron chi connectivity index (χ0n) is 17.0. The minimum absolute atomic E-state index is 0.186. The summed E-state index contributed by atoms with van der Waals surface area (Å²) in [7, 11) is 0. The Labute approximate surface area is 184 Å². The van der Waals surface area contributed by atoms with Gasteiger partial charge in [-0.3, -0.25) is 4.79 Å². The van der Waals surface area contributed by atoms with Crippen molar-refractivity contribution in [3.63, 3.8) is 0 Å². The molecular weight excluding hydrogens is 408 g/mol. The number of phenolic OH excluding ortho intramolecular Hbond substituents is 1. The second kappa shape index (κ2) is 9.49. The molecule has 0 radical (unpaired) electrons. The number of rotatable bonds is 7. The summed E-state index contributed by atoms with van der Waals surface area (Å²) in [4.78, 5) is 17.0. The second-order valence-electron chi connectivity index (χ2n) is 7.13. The third-order valence-corrected chi connectivity index (χ3v) is 5.69. The van der Waals surface area contributed by atoms with E-state index in [1.54, 1.807) is 24.3 Å². The molecule has 0 aliphatic heterocycles. The van der Waals surface area contributed by atoms with Gasteiger partial charge in [-0.25, -0.2) is 10.4 Å². The Hall–Kier alpha value is -3.58. The SMILES string of the molecule is Cc1ccc(Cn2c(SCC(=O)N/N=C/c3ccc(O)cc3)nc3ccccc32)cc1. The molecule has 0 fully saturated rings. The minimum atomic E-state index is -0.214. The van der Waals surface area contributed by atoms with E-state index < -0.39 is 0 Å². The fraction of sp³-hybridized carbons (Fsp3) is 0.125. The number of carbonyl (C=O) groups is 1. The Morgan fingerprint density at radius 2 is 1.84 bits per heavy atom. The number of aryl methyl sites for hydroxylation is 1. The number of para-hydroxylation sites is 2. The highest BCUT2D eigenvalue weighted by Crippen LogP contribution is 2.25. The third-order valence-electron chi connectivity index (χ3n) is 4.71. The summed E-state index contributed by atoms with van der Waals surface area (Å²) >= 11 is 1.38. The summed E-state index contributed by atoms with van der Waals surface area (Å²) < 4.78 is 2.14. The maximum absolute atomic E-state index is 12.3. The first kappa shape index (κ1) is 20.7. The van der Waals surface area contributed by atoms with Crippen molar-refractivity contribution in [1.29, 1.82) is 0 Å². The predicted molar refractivity (Wildman–Crippen MR) is 125 cm³/mol. The molecule has 0 aliphatic carbocycles. The van der Waals surface area contributed by atoms with Gasteiger partial charge in [0.2, 0.25) is 0 Å². The molecule has 0 atom stereocenters. The lowest BCUT2D eigenvalue weighted by molar-refractivity contribution is -0.118. The van der Waals surface area contributed by atoms with Crippen molar-refractivity contribution >= 4 is 34.9 Å². The molecule has 0 saturated carbocycles. The number of fused-ring (bicyclic) bond motifs is 1. The first-order valence-electron chi connectivity index (χ1n) is 9.83. The molecule has 0 unspecified atom stereocenters. The van der Waals surface area contributed by atoms with Crippen LogP contribution in [0.25, 0.3) is 11.0 Å². The number of hydrogen-bond donors (Lipinski definition) is 2. The van der Waals surface area contributed by atoms with Crippen LogP contribution in [0.1, 0.15) is 16.7 Å². The molecule has 1 aromatic heterocycles. The first-order chi connectivity index (χ1) is 15.1. The number of carbonyl (C=O) groups excluding carboxylic acids is 1. The van der Waals surface area contributed by atoms with Crippen LogP contribution in [0.2, 0.25) is 0 Å². The smallest absolute Gasteiger partial charge is 0.250 e. The van der Waals surface area contributed by atoms with Crippen LogP contribution in [0.3, 0.4) is 0 Å². The van der Waals surface area contributed by atoms with E-state index >= 15 is 0 Å². The van der Waals surface area contributed by atoms with Gasteiger partial charge in [-0.15, -0.1) is 0 Å². The zero-order valence-corrected chi connectivity index (χ0v) is 17.8. The number of hydrogen-bond acceptors (Lipinski definition) is 5. The fourth-order valence-electron chi connectivity index (χ4n) is 3.09. The highest BCUT2D eigenvalue weighted by molar-refractivity contribution is 7.99. The molecule has 4 aromatic rings. The van der Waals surface area contributed by atoms with E-state index in [0.717, 1.165) is 21.8 Å². The van der Waals surface area contributed by atoms with Gasteiger partial charge < -0.3 is 9.67 Å². The van der Waals surface area contributed by atoms with Crippen LogP contribution in [0, 0.1) is 6.92 Å². The maximum Gasteiger partial charge on any atom is 0.250 e. The second-order valence-corrected chi connectivity index (χ2v) is 8.07. The van der Waals surface area contributed by atoms with Crippen LogP contribution in [-0.2, 0) is 11.3 Å². The molecule has 7 heteroatoms. The fourth-order valence-corrected chi connectivity index (χ4v) is 3.90. The Bertz CT molecular complexity index is 1210. The highest BCUT2D eigenvalue weighted by atomic mass is 32.2. The quantitative estimate of drug-likeness (QED) is 0.260. The normalized spacial score (nSPS) is 11.3. The van der Waals surface area contributed by atoms with Crippen LogP contribution in [0.4, 0.5) is 0 Å². The molecule has 31 heavy (non-hydrogen) atoms. The molecule has 1 amide bonds. The van der Waals surface area contributed by atoms with E-state index in [9.17, 15) is 9.90 Å². The average molecular weight is 431 g/mol. The largest absolute Gasteiger partial charge is 0.508 e. The van der Waals surface area contributed by atoms with Crippen molar-refractivity contribution in [3.05, 3.63) is 89.5 Å². The van der Waals surface area contributed by atoms with Gasteiger partial charge in [-0.05, 0) is 54.4 Å². The number of thioether (sulfide) groups is 1. The number of nitrogens with one attached hydrogen (secondary N) is 1. The summed E-state index contributed by atoms with van der Waals surface area (Å²) in [5, 5.41) is 14.1. The van der Waals surface area contributed by atoms with Gasteiger partial charge in [0.1, 0.15) is 5.75 Å². The Balaban J connectivity index is 1.44. The molecular formula is C24H22N4O2S. The van der Waals surface area contributed by atoms with Crippen LogP contribution in [0.5, 0.6) is 5.75 Å². The number of aromatic hydroxyl groups is 1. The van der Waals surface area contributed by atoms with Gasteiger partial charge >= 0.3 is 0 Å². The molecule has 6 nitrogen and oxygen atoms in total. The molecule has 3 aromatic carbocycles. The van der Waals surface area contributed by atoms with Gasteiger partial charge in [0.15, 0.2) is 5.16 Å². The lowest BCUT2D eigenvalue weighted by Gasteiger charge is -2.09. The molecule has 0 spiro atoms. The third kappa shape index (κ3) is 5.32. The molecule has 156 valence electrons. The van der Waals surface area contributed by atoms with Crippen molar-refractivity contribution in [2.45, 2.75) is 18.6 Å². The standard InChI is InChI=1S/C24H22N4O2S/c1-17-6-8-19(9-7-17)15-28-22-5-3-2-4-21(22)26-24(28)31-16-23(30)27-25-14-18-10-12-20(29)13-11-18/h2-14,29H,15-16H2,1H3,(H,27,30)/b25-14+. The van der Waals surface area contributed by atoms with Crippen LogP contribution >= 0.6 is 11.8 Å². The van der Waals surface area contributed by atoms with Gasteiger partial charge in [-0.1, -0.05) is 53.7 Å². The van der Waals surface area contributed by atoms with Crippen molar-refractivity contribution in [2.75, 3.05) is 5.75 Å². The molecule has 4 rings (SSSR count). The summed E-state index contributed by atoms with van der Waals surface area (Å²) in [6, 6.07) is 23.0. The maximum atomic E-state index is 12.3. The monoisotopic (exact) mass is 430 g/mol. The number of amides is 1. The summed E-state index contributed by atoms with van der Waals surface area (Å²) in [5.74, 6) is 0.171. The first-order valence-corrected chi connectivity index (χ1v) is 10.8. The van der Waals surface area contributed by atoms with Crippen molar-refractivity contribution in [3.8, 4) is 5.75 Å². The molecule has 1 heterocycles. The number of nitrogens with zero attached hydrogens (tertiary/aromatic N) is 3. The lowest BCUT2D eigenvalue weighted by atomic mass is 10.1. The Kier molecular flexibility index (Phi) is 6.33. The topological polar surface area (TPSA) is 79.5 Å². The predicted octanol–water partition coefficient (Wildman–Crippen LogP) is 4.34. The number of hydrazone groups is 1. The molecule has 0 saturated heterocycles. The molecule has 0 bridgehead atoms. The Morgan fingerprint density at radius 3 is 2.61 bits per heavy atom. The van der Waals surface area contributed by atoms with E-state index in [-0.39, 0.29) is 17.4 Å². The Morgan fingerprint density at radius 1 is 1.10 bits per heavy atom. The van der Waals surface area contributed by atoms with Gasteiger partial charge in [0, 0.05) is 0 Å². The highest BCUT2D eigenvalue weighted by Gasteiger charge is 2.13. The van der Waals surface area contributed by atoms with Crippen LogP contribution in [-0.4, -0.2) is 32.5 Å². The van der Waals surface area contributed by atoms with Crippen molar-refractivity contribution in [2.24, 2.45) is 5.10 Å². The van der Waals surface area contributed by atoms with Gasteiger partial charge in [-0.2, -0.15) is 5.10 Å². The summed E-state index contributed by atoms with van der Waals surface area (Å²) in [5.41, 5.74) is 7.66. The van der Waals surface area contributed by atoms with E-state index in [4.69, 9.17) is 4.98 Å². The zero-order chi connectivity index (χ0) is 21.6. The van der Waals surface area contributed by atoms with E-state index in [0.29, 0.717) is 6.54 Å². The van der Waals surface area contributed by atoms with E-state index in [1.807, 2.05) is 24.3 Å². The summed E-state index contributed by atoms with van der Waals surface area (Å²) in [6.07, 6.45) is 1.54. The number of phenols is 1. The minimum Gasteiger partial charge on any atom is -0.508 e. The summed E-state index contributed by atoms with van der Waals surface area (Å²) in [6.45, 7) is 2.75. The van der Waals surface area contributed by atoms with Gasteiger partial charge in [0.25, 0.3) is 5.91 Å². The number of aromatic nitrogens is 2. The van der Waals surface area contributed by atoms with Crippen molar-refractivity contribution in [1.82, 2.24) is 15.0 Å². The number of benzene rings is 3. The van der Waals surface area contributed by atoms with Crippen LogP contribution < -0.4 is 5.43 Å². The van der Waals surface area contributed by atoms with Crippen molar-refractivity contribution < 1.29 is 9.90 Å². The number of imidazole rings is 1. The molecule has 2 N–H and O–H groups in total. The van der Waals surface area contributed by atoms with Crippen LogP contribution in [0.15, 0.2) is 83.1 Å².